The number of carbonyl (C=O) groups is 1. The van der Waals surface area contributed by atoms with Gasteiger partial charge in [0, 0.05) is 51.9 Å². The van der Waals surface area contributed by atoms with Gasteiger partial charge in [-0.2, -0.15) is 0 Å². The van der Waals surface area contributed by atoms with E-state index in [9.17, 15) is 8.78 Å². The Morgan fingerprint density at radius 3 is 2.58 bits per heavy atom. The first-order chi connectivity index (χ1) is 16.0. The molecule has 1 aromatic heterocycles. The normalized spacial score (nSPS) is 10.5. The lowest BCUT2D eigenvalue weighted by Crippen LogP contribution is -2.27. The molecule has 5 nitrogen and oxygen atoms in total. The van der Waals surface area contributed by atoms with E-state index in [1.165, 1.54) is 29.4 Å². The average Bonchev–Trinajstić information content (AvgIpc) is 3.32. The van der Waals surface area contributed by atoms with Crippen LogP contribution >= 0.6 is 39.2 Å². The minimum absolute atomic E-state index is 0.00829. The van der Waals surface area contributed by atoms with Crippen molar-refractivity contribution in [3.05, 3.63) is 63.9 Å². The average molecular weight is 560 g/mol. The molecule has 0 radical (unpaired) electrons. The second-order valence-electron chi connectivity index (χ2n) is 6.24. The Bertz CT molecular complexity index is 959. The molecule has 33 heavy (non-hydrogen) atoms. The fourth-order valence-electron chi connectivity index (χ4n) is 2.71. The maximum Gasteiger partial charge on any atom is 0.275 e. The monoisotopic (exact) mass is 558 g/mol. The molecular formula is C23H29BrF2N4OS2. The standard InChI is InChI=1S/C20H21BrF2N4S2.C2H6.CH2O/c21-14-4-3-5-15(12-14)29-27-19-26-18(13-28-19)16-6-1-2-7-17(16)20(22,23)8-10-25-11-9-24;2*1-2/h1-7,12-13,25H,8-11,24H2,(H,26,27);1-2H3;1H2. The summed E-state index contributed by atoms with van der Waals surface area (Å²) in [5, 5.41) is 5.38. The molecule has 0 saturated carbocycles. The first-order valence-electron chi connectivity index (χ1n) is 10.3. The minimum atomic E-state index is -2.96. The molecule has 0 spiro atoms. The Balaban J connectivity index is 0.00000129. The van der Waals surface area contributed by atoms with Crippen molar-refractivity contribution in [2.75, 3.05) is 24.4 Å². The van der Waals surface area contributed by atoms with E-state index in [1.54, 1.807) is 23.6 Å². The third-order valence-electron chi connectivity index (χ3n) is 4.09. The Morgan fingerprint density at radius 1 is 1.15 bits per heavy atom. The fraction of sp³-hybridized carbons (Fsp3) is 0.304. The lowest BCUT2D eigenvalue weighted by Gasteiger charge is -2.19. The summed E-state index contributed by atoms with van der Waals surface area (Å²) >= 11 is 6.25. The molecule has 0 atom stereocenters. The van der Waals surface area contributed by atoms with Gasteiger partial charge in [0.25, 0.3) is 5.92 Å². The number of alkyl halides is 2. The molecule has 0 aliphatic heterocycles. The van der Waals surface area contributed by atoms with Gasteiger partial charge in [-0.1, -0.05) is 60.1 Å². The molecule has 0 aliphatic carbocycles. The summed E-state index contributed by atoms with van der Waals surface area (Å²) < 4.78 is 33.8. The van der Waals surface area contributed by atoms with Gasteiger partial charge in [-0.15, -0.1) is 11.3 Å². The molecule has 0 saturated heterocycles. The summed E-state index contributed by atoms with van der Waals surface area (Å²) in [6, 6.07) is 14.4. The van der Waals surface area contributed by atoms with Gasteiger partial charge in [0.2, 0.25) is 0 Å². The molecule has 1 heterocycles. The smallest absolute Gasteiger partial charge is 0.275 e. The van der Waals surface area contributed by atoms with E-state index in [0.717, 1.165) is 9.37 Å². The van der Waals surface area contributed by atoms with Crippen LogP contribution in [0.2, 0.25) is 0 Å². The van der Waals surface area contributed by atoms with E-state index in [2.05, 4.69) is 31.0 Å². The van der Waals surface area contributed by atoms with Gasteiger partial charge < -0.3 is 20.6 Å². The van der Waals surface area contributed by atoms with Gasteiger partial charge in [-0.25, -0.2) is 13.8 Å². The summed E-state index contributed by atoms with van der Waals surface area (Å²) in [5.41, 5.74) is 6.38. The molecule has 0 fully saturated rings. The van der Waals surface area contributed by atoms with Gasteiger partial charge in [0.1, 0.15) is 6.79 Å². The molecule has 0 bridgehead atoms. The molecule has 0 amide bonds. The van der Waals surface area contributed by atoms with Crippen LogP contribution < -0.4 is 15.8 Å². The highest BCUT2D eigenvalue weighted by atomic mass is 79.9. The number of aromatic nitrogens is 1. The van der Waals surface area contributed by atoms with Crippen LogP contribution in [0.15, 0.2) is 63.3 Å². The van der Waals surface area contributed by atoms with E-state index >= 15 is 0 Å². The van der Waals surface area contributed by atoms with Crippen molar-refractivity contribution in [3.8, 4) is 11.3 Å². The van der Waals surface area contributed by atoms with Crippen LogP contribution in [-0.2, 0) is 10.7 Å². The topological polar surface area (TPSA) is 80.0 Å². The number of nitrogens with one attached hydrogen (secondary N) is 2. The van der Waals surface area contributed by atoms with Crippen LogP contribution in [0.25, 0.3) is 11.3 Å². The van der Waals surface area contributed by atoms with Gasteiger partial charge in [0.05, 0.1) is 5.69 Å². The van der Waals surface area contributed by atoms with E-state index in [1.807, 2.05) is 44.9 Å². The quantitative estimate of drug-likeness (QED) is 0.193. The Kier molecular flexibility index (Phi) is 14.1. The summed E-state index contributed by atoms with van der Waals surface area (Å²) in [4.78, 5) is 13.5. The van der Waals surface area contributed by atoms with Gasteiger partial charge in [-0.3, -0.25) is 0 Å². The van der Waals surface area contributed by atoms with E-state index in [-0.39, 0.29) is 18.5 Å². The third kappa shape index (κ3) is 9.50. The number of nitrogens with zero attached hydrogens (tertiary/aromatic N) is 1. The molecule has 0 unspecified atom stereocenters. The van der Waals surface area contributed by atoms with E-state index in [4.69, 9.17) is 10.5 Å². The highest BCUT2D eigenvalue weighted by Crippen LogP contribution is 2.39. The summed E-state index contributed by atoms with van der Waals surface area (Å²) in [5.74, 6) is -2.96. The lowest BCUT2D eigenvalue weighted by atomic mass is 9.97. The predicted octanol–water partition coefficient (Wildman–Crippen LogP) is 6.56. The molecule has 10 heteroatoms. The number of hydrogen-bond donors (Lipinski definition) is 3. The molecule has 4 N–H and O–H groups in total. The number of benzene rings is 2. The second kappa shape index (κ2) is 15.9. The minimum Gasteiger partial charge on any atom is -0.329 e. The number of halogens is 3. The SMILES string of the molecule is C=O.CC.NCCNCCC(F)(F)c1ccccc1-c1csc(NSc2cccc(Br)c2)n1. The number of nitrogens with two attached hydrogens (primary N) is 1. The van der Waals surface area contributed by atoms with Crippen LogP contribution in [0.1, 0.15) is 25.8 Å². The van der Waals surface area contributed by atoms with Crippen LogP contribution in [0.4, 0.5) is 13.9 Å². The highest BCUT2D eigenvalue weighted by molar-refractivity contribution is 9.10. The maximum absolute atomic E-state index is 14.8. The van der Waals surface area contributed by atoms with Crippen LogP contribution in [0.3, 0.4) is 0 Å². The van der Waals surface area contributed by atoms with Crippen molar-refractivity contribution in [2.24, 2.45) is 5.73 Å². The molecular weight excluding hydrogens is 530 g/mol. The Hall–Kier alpha value is -1.85. The first-order valence-corrected chi connectivity index (χ1v) is 12.8. The first kappa shape index (κ1) is 29.2. The zero-order valence-electron chi connectivity index (χ0n) is 18.6. The molecule has 3 aromatic rings. The third-order valence-corrected chi connectivity index (χ3v) is 6.26. The number of carbonyl (C=O) groups excluding carboxylic acids is 1. The van der Waals surface area contributed by atoms with Crippen LogP contribution in [0, 0.1) is 0 Å². The Labute approximate surface area is 210 Å². The largest absolute Gasteiger partial charge is 0.329 e. The van der Waals surface area contributed by atoms with Crippen molar-refractivity contribution in [2.45, 2.75) is 31.1 Å². The highest BCUT2D eigenvalue weighted by Gasteiger charge is 2.33. The van der Waals surface area contributed by atoms with Crippen molar-refractivity contribution in [1.82, 2.24) is 10.3 Å². The summed E-state index contributed by atoms with van der Waals surface area (Å²) in [7, 11) is 0. The van der Waals surface area contributed by atoms with Crippen LogP contribution in [0.5, 0.6) is 0 Å². The summed E-state index contributed by atoms with van der Waals surface area (Å²) in [6.45, 7) is 7.15. The fourth-order valence-corrected chi connectivity index (χ4v) is 4.72. The zero-order valence-corrected chi connectivity index (χ0v) is 21.8. The molecule has 0 aliphatic rings. The van der Waals surface area contributed by atoms with Crippen molar-refractivity contribution in [1.29, 1.82) is 0 Å². The number of rotatable bonds is 10. The molecule has 2 aromatic carbocycles. The van der Waals surface area contributed by atoms with Crippen molar-refractivity contribution >= 4 is 51.1 Å². The molecule has 180 valence electrons. The number of thiazole rings is 1. The zero-order chi connectivity index (χ0) is 24.7. The van der Waals surface area contributed by atoms with E-state index < -0.39 is 5.92 Å². The van der Waals surface area contributed by atoms with Gasteiger partial charge in [0.15, 0.2) is 5.13 Å². The summed E-state index contributed by atoms with van der Waals surface area (Å²) in [6.07, 6.45) is -0.294. The van der Waals surface area contributed by atoms with Crippen molar-refractivity contribution in [3.63, 3.8) is 0 Å². The van der Waals surface area contributed by atoms with Crippen LogP contribution in [-0.4, -0.2) is 31.4 Å². The predicted molar refractivity (Wildman–Crippen MR) is 140 cm³/mol. The van der Waals surface area contributed by atoms with Gasteiger partial charge in [-0.05, 0) is 30.1 Å². The Morgan fingerprint density at radius 2 is 1.88 bits per heavy atom. The number of anilines is 1. The second-order valence-corrected chi connectivity index (χ2v) is 8.89. The maximum atomic E-state index is 14.8. The lowest BCUT2D eigenvalue weighted by molar-refractivity contribution is -0.0980. The van der Waals surface area contributed by atoms with Crippen molar-refractivity contribution < 1.29 is 13.6 Å². The number of hydrogen-bond acceptors (Lipinski definition) is 7. The van der Waals surface area contributed by atoms with Gasteiger partial charge >= 0.3 is 0 Å². The molecule has 3 rings (SSSR count). The van der Waals surface area contributed by atoms with E-state index in [0.29, 0.717) is 29.5 Å².